The molecule has 82 valence electrons. The molecule has 5 nitrogen and oxygen atoms in total. The predicted molar refractivity (Wildman–Crippen MR) is 57.6 cm³/mol. The van der Waals surface area contributed by atoms with Gasteiger partial charge in [-0.1, -0.05) is 6.07 Å². The van der Waals surface area contributed by atoms with E-state index in [2.05, 4.69) is 0 Å². The molecule has 1 heterocycles. The number of ether oxygens (including phenoxy) is 1. The Morgan fingerprint density at radius 3 is 2.81 bits per heavy atom. The summed E-state index contributed by atoms with van der Waals surface area (Å²) in [5.41, 5.74) is 4.97. The summed E-state index contributed by atoms with van der Waals surface area (Å²) in [4.78, 5) is 22.6. The van der Waals surface area contributed by atoms with Crippen molar-refractivity contribution in [2.75, 3.05) is 7.11 Å². The molecule has 0 spiro atoms. The van der Waals surface area contributed by atoms with Gasteiger partial charge in [-0.2, -0.15) is 0 Å². The van der Waals surface area contributed by atoms with Crippen LogP contribution in [0.1, 0.15) is 10.6 Å². The first kappa shape index (κ1) is 10.2. The predicted octanol–water partition coefficient (Wildman–Crippen LogP) is 0.900. The molecule has 0 saturated heterocycles. The quantitative estimate of drug-likeness (QED) is 0.813. The van der Waals surface area contributed by atoms with Crippen molar-refractivity contribution in [1.82, 2.24) is 0 Å². The van der Waals surface area contributed by atoms with Gasteiger partial charge in [-0.05, 0) is 12.1 Å². The lowest BCUT2D eigenvalue weighted by atomic mass is 10.2. The number of benzene rings is 1. The first-order valence-electron chi connectivity index (χ1n) is 4.54. The zero-order valence-corrected chi connectivity index (χ0v) is 8.52. The van der Waals surface area contributed by atoms with Crippen molar-refractivity contribution >= 4 is 16.9 Å². The summed E-state index contributed by atoms with van der Waals surface area (Å²) >= 11 is 0. The van der Waals surface area contributed by atoms with Gasteiger partial charge in [-0.3, -0.25) is 9.59 Å². The van der Waals surface area contributed by atoms with Crippen molar-refractivity contribution < 1.29 is 13.9 Å². The van der Waals surface area contributed by atoms with Gasteiger partial charge < -0.3 is 14.9 Å². The van der Waals surface area contributed by atoms with Gasteiger partial charge in [0.2, 0.25) is 0 Å². The van der Waals surface area contributed by atoms with E-state index >= 15 is 0 Å². The first-order valence-corrected chi connectivity index (χ1v) is 4.54. The minimum atomic E-state index is -0.776. The molecular formula is C11H9NO4. The smallest absolute Gasteiger partial charge is 0.284 e. The van der Waals surface area contributed by atoms with E-state index in [9.17, 15) is 9.59 Å². The molecule has 1 aromatic carbocycles. The summed E-state index contributed by atoms with van der Waals surface area (Å²) in [7, 11) is 1.45. The van der Waals surface area contributed by atoms with Crippen LogP contribution < -0.4 is 15.9 Å². The maximum absolute atomic E-state index is 11.7. The Hall–Kier alpha value is -2.30. The fourth-order valence-electron chi connectivity index (χ4n) is 1.47. The van der Waals surface area contributed by atoms with Crippen LogP contribution in [0.15, 0.2) is 33.5 Å². The Bertz CT molecular complexity index is 615. The number of carbonyl (C=O) groups excluding carboxylic acids is 1. The lowest BCUT2D eigenvalue weighted by Gasteiger charge is -2.04. The molecule has 0 aliphatic carbocycles. The normalized spacial score (nSPS) is 10.3. The fourth-order valence-corrected chi connectivity index (χ4v) is 1.47. The van der Waals surface area contributed by atoms with Crippen LogP contribution in [-0.4, -0.2) is 13.0 Å². The lowest BCUT2D eigenvalue weighted by Crippen LogP contribution is -2.14. The average molecular weight is 219 g/mol. The summed E-state index contributed by atoms with van der Waals surface area (Å²) in [6.45, 7) is 0. The molecule has 0 fully saturated rings. The number of amides is 1. The topological polar surface area (TPSA) is 82.5 Å². The number of hydrogen-bond donors (Lipinski definition) is 1. The van der Waals surface area contributed by atoms with Crippen molar-refractivity contribution in [3.8, 4) is 5.75 Å². The third-order valence-corrected chi connectivity index (χ3v) is 2.18. The second-order valence-corrected chi connectivity index (χ2v) is 3.17. The van der Waals surface area contributed by atoms with Gasteiger partial charge in [0.05, 0.1) is 7.11 Å². The zero-order chi connectivity index (χ0) is 11.7. The molecule has 1 aromatic heterocycles. The van der Waals surface area contributed by atoms with Crippen molar-refractivity contribution in [2.24, 2.45) is 5.73 Å². The van der Waals surface area contributed by atoms with E-state index in [0.717, 1.165) is 6.07 Å². The molecule has 0 bridgehead atoms. The van der Waals surface area contributed by atoms with Crippen LogP contribution in [0.3, 0.4) is 0 Å². The largest absolute Gasteiger partial charge is 0.496 e. The highest BCUT2D eigenvalue weighted by atomic mass is 16.5. The number of primary amides is 1. The number of rotatable bonds is 2. The van der Waals surface area contributed by atoms with E-state index < -0.39 is 5.91 Å². The number of methoxy groups -OCH3 is 1. The van der Waals surface area contributed by atoms with E-state index in [1.165, 1.54) is 7.11 Å². The van der Waals surface area contributed by atoms with E-state index in [0.29, 0.717) is 11.1 Å². The Kier molecular flexibility index (Phi) is 2.36. The summed E-state index contributed by atoms with van der Waals surface area (Å²) in [6, 6.07) is 5.94. The summed E-state index contributed by atoms with van der Waals surface area (Å²) < 4.78 is 10.2. The van der Waals surface area contributed by atoms with E-state index in [-0.39, 0.29) is 16.8 Å². The molecule has 0 aliphatic rings. The molecular weight excluding hydrogens is 210 g/mol. The van der Waals surface area contributed by atoms with Crippen LogP contribution in [0.25, 0.3) is 11.0 Å². The van der Waals surface area contributed by atoms with Gasteiger partial charge in [0.1, 0.15) is 16.7 Å². The van der Waals surface area contributed by atoms with Gasteiger partial charge in [0, 0.05) is 6.07 Å². The molecule has 16 heavy (non-hydrogen) atoms. The molecule has 2 N–H and O–H groups in total. The lowest BCUT2D eigenvalue weighted by molar-refractivity contribution is 0.0974. The summed E-state index contributed by atoms with van der Waals surface area (Å²) in [6.07, 6.45) is 0. The molecule has 2 rings (SSSR count). The number of carbonyl (C=O) groups is 1. The summed E-state index contributed by atoms with van der Waals surface area (Å²) in [5, 5.41) is 0.301. The van der Waals surface area contributed by atoms with Crippen LogP contribution in [0, 0.1) is 0 Å². The minimum absolute atomic E-state index is 0.161. The average Bonchev–Trinajstić information content (AvgIpc) is 2.27. The minimum Gasteiger partial charge on any atom is -0.496 e. The molecule has 0 radical (unpaired) electrons. The monoisotopic (exact) mass is 219 g/mol. The maximum atomic E-state index is 11.7. The SMILES string of the molecule is COc1cccc2oc(C(N)=O)cc(=O)c12. The second-order valence-electron chi connectivity index (χ2n) is 3.17. The van der Waals surface area contributed by atoms with Gasteiger partial charge >= 0.3 is 0 Å². The Balaban J connectivity index is 2.86. The van der Waals surface area contributed by atoms with Crippen LogP contribution >= 0.6 is 0 Å². The second kappa shape index (κ2) is 3.69. The van der Waals surface area contributed by atoms with Gasteiger partial charge in [0.25, 0.3) is 5.91 Å². The molecule has 0 saturated carbocycles. The standard InChI is InChI=1S/C11H9NO4/c1-15-7-3-2-4-8-10(7)6(13)5-9(16-8)11(12)14/h2-5H,1H3,(H2,12,14). The highest BCUT2D eigenvalue weighted by Gasteiger charge is 2.11. The molecule has 0 atom stereocenters. The highest BCUT2D eigenvalue weighted by molar-refractivity contribution is 5.92. The Morgan fingerprint density at radius 2 is 2.19 bits per heavy atom. The number of nitrogens with two attached hydrogens (primary N) is 1. The van der Waals surface area contributed by atoms with E-state index in [4.69, 9.17) is 14.9 Å². The van der Waals surface area contributed by atoms with E-state index in [1.807, 2.05) is 0 Å². The molecule has 0 aliphatic heterocycles. The molecule has 2 aromatic rings. The van der Waals surface area contributed by atoms with Gasteiger partial charge in [-0.15, -0.1) is 0 Å². The molecule has 0 unspecified atom stereocenters. The van der Waals surface area contributed by atoms with Gasteiger partial charge in [-0.25, -0.2) is 0 Å². The highest BCUT2D eigenvalue weighted by Crippen LogP contribution is 2.22. The molecule has 1 amide bonds. The van der Waals surface area contributed by atoms with Crippen LogP contribution in [0.2, 0.25) is 0 Å². The van der Waals surface area contributed by atoms with Crippen molar-refractivity contribution in [3.05, 3.63) is 40.2 Å². The third-order valence-electron chi connectivity index (χ3n) is 2.18. The van der Waals surface area contributed by atoms with Crippen molar-refractivity contribution in [3.63, 3.8) is 0 Å². The van der Waals surface area contributed by atoms with Crippen molar-refractivity contribution in [2.45, 2.75) is 0 Å². The molecule has 5 heteroatoms. The summed E-state index contributed by atoms with van der Waals surface area (Å²) in [5.74, 6) is -0.533. The third kappa shape index (κ3) is 1.52. The van der Waals surface area contributed by atoms with Gasteiger partial charge in [0.15, 0.2) is 11.2 Å². The van der Waals surface area contributed by atoms with Crippen LogP contribution in [-0.2, 0) is 0 Å². The van der Waals surface area contributed by atoms with Crippen molar-refractivity contribution in [1.29, 1.82) is 0 Å². The maximum Gasteiger partial charge on any atom is 0.284 e. The zero-order valence-electron chi connectivity index (χ0n) is 8.52. The number of hydrogen-bond acceptors (Lipinski definition) is 4. The Labute approximate surface area is 90.4 Å². The van der Waals surface area contributed by atoms with Crippen LogP contribution in [0.5, 0.6) is 5.75 Å². The van der Waals surface area contributed by atoms with Crippen LogP contribution in [0.4, 0.5) is 0 Å². The fraction of sp³-hybridized carbons (Fsp3) is 0.0909. The first-order chi connectivity index (χ1) is 7.63. The Morgan fingerprint density at radius 1 is 1.44 bits per heavy atom. The van der Waals surface area contributed by atoms with E-state index in [1.54, 1.807) is 18.2 Å². The number of fused-ring (bicyclic) bond motifs is 1.